The molecule has 0 spiro atoms. The van der Waals surface area contributed by atoms with Gasteiger partial charge >= 0.3 is 5.97 Å². The second kappa shape index (κ2) is 6.27. The minimum Gasteiger partial charge on any atom is -0.479 e. The van der Waals surface area contributed by atoms with Gasteiger partial charge in [0, 0.05) is 6.04 Å². The predicted octanol–water partition coefficient (Wildman–Crippen LogP) is 2.49. The lowest BCUT2D eigenvalue weighted by atomic mass is 10.1. The molecule has 0 radical (unpaired) electrons. The number of rotatable bonds is 7. The van der Waals surface area contributed by atoms with E-state index in [1.165, 1.54) is 0 Å². The molecular weight excluding hydrogens is 220 g/mol. The molecule has 96 valence electrons. The molecule has 0 aliphatic carbocycles. The Bertz CT molecular complexity index is 360. The Morgan fingerprint density at radius 3 is 2.76 bits per heavy atom. The first kappa shape index (κ1) is 13.5. The molecule has 1 rings (SSSR count). The number of carbonyl (C=O) groups is 1. The van der Waals surface area contributed by atoms with Crippen LogP contribution < -0.4 is 4.74 Å². The Morgan fingerprint density at radius 2 is 2.29 bits per heavy atom. The Hall–Kier alpha value is -1.52. The maximum absolute atomic E-state index is 11.0. The molecule has 0 saturated carbocycles. The largest absolute Gasteiger partial charge is 0.479 e. The first-order valence-corrected chi connectivity index (χ1v) is 5.98. The number of carboxylic acids is 1. The molecule has 1 unspecified atom stereocenters. The smallest absolute Gasteiger partial charge is 0.344 e. The van der Waals surface area contributed by atoms with Crippen LogP contribution in [0.5, 0.6) is 5.75 Å². The summed E-state index contributed by atoms with van der Waals surface area (Å²) in [7, 11) is 0. The van der Waals surface area contributed by atoms with E-state index >= 15 is 0 Å². The van der Waals surface area contributed by atoms with Crippen molar-refractivity contribution in [2.24, 2.45) is 0 Å². The summed E-state index contributed by atoms with van der Waals surface area (Å²) in [5, 5.41) is 13.1. The van der Waals surface area contributed by atoms with Gasteiger partial charge in [0.05, 0.1) is 12.4 Å². The van der Waals surface area contributed by atoms with Crippen molar-refractivity contribution in [3.8, 4) is 5.75 Å². The van der Waals surface area contributed by atoms with E-state index in [4.69, 9.17) is 9.84 Å². The van der Waals surface area contributed by atoms with Crippen LogP contribution in [-0.4, -0.2) is 27.0 Å². The van der Waals surface area contributed by atoms with Crippen LogP contribution in [-0.2, 0) is 4.79 Å². The highest BCUT2D eigenvalue weighted by Crippen LogP contribution is 2.16. The van der Waals surface area contributed by atoms with E-state index in [-0.39, 0.29) is 6.04 Å². The number of unbranched alkanes of at least 4 members (excludes halogenated alkanes) is 1. The second-order valence-corrected chi connectivity index (χ2v) is 4.34. The van der Waals surface area contributed by atoms with Gasteiger partial charge in [-0.3, -0.25) is 4.68 Å². The standard InChI is InChI=1S/C12H20N2O3/c1-4-5-6-11(12(15)16)17-10-7-13-14(8-10)9(2)3/h7-9,11H,4-6H2,1-3H3,(H,15,16). The maximum Gasteiger partial charge on any atom is 0.344 e. The second-order valence-electron chi connectivity index (χ2n) is 4.34. The topological polar surface area (TPSA) is 64.4 Å². The Labute approximate surface area is 101 Å². The van der Waals surface area contributed by atoms with Crippen LogP contribution >= 0.6 is 0 Å². The van der Waals surface area contributed by atoms with E-state index in [1.54, 1.807) is 17.1 Å². The molecule has 17 heavy (non-hydrogen) atoms. The van der Waals surface area contributed by atoms with Crippen molar-refractivity contribution in [3.63, 3.8) is 0 Å². The minimum atomic E-state index is -0.921. The molecule has 0 aliphatic heterocycles. The van der Waals surface area contributed by atoms with Gasteiger partial charge in [-0.2, -0.15) is 5.10 Å². The van der Waals surface area contributed by atoms with Gasteiger partial charge in [-0.15, -0.1) is 0 Å². The summed E-state index contributed by atoms with van der Waals surface area (Å²) >= 11 is 0. The zero-order valence-corrected chi connectivity index (χ0v) is 10.6. The molecule has 1 N–H and O–H groups in total. The molecule has 1 aromatic heterocycles. The molecule has 0 amide bonds. The fourth-order valence-electron chi connectivity index (χ4n) is 1.45. The van der Waals surface area contributed by atoms with Crippen LogP contribution in [0, 0.1) is 0 Å². The molecule has 0 saturated heterocycles. The highest BCUT2D eigenvalue weighted by atomic mass is 16.5. The summed E-state index contributed by atoms with van der Waals surface area (Å²) in [4.78, 5) is 11.0. The molecule has 1 atom stereocenters. The van der Waals surface area contributed by atoms with E-state index in [9.17, 15) is 4.79 Å². The highest BCUT2D eigenvalue weighted by molar-refractivity contribution is 5.72. The number of hydrogen-bond donors (Lipinski definition) is 1. The SMILES string of the molecule is CCCCC(Oc1cnn(C(C)C)c1)C(=O)O. The Balaban J connectivity index is 2.62. The van der Waals surface area contributed by atoms with Crippen molar-refractivity contribution in [3.05, 3.63) is 12.4 Å². The molecule has 0 fully saturated rings. The number of carboxylic acid groups (broad SMARTS) is 1. The summed E-state index contributed by atoms with van der Waals surface area (Å²) in [6.45, 7) is 6.03. The van der Waals surface area contributed by atoms with E-state index in [0.29, 0.717) is 12.2 Å². The van der Waals surface area contributed by atoms with Crippen molar-refractivity contribution in [1.29, 1.82) is 0 Å². The third-order valence-electron chi connectivity index (χ3n) is 2.48. The quantitative estimate of drug-likeness (QED) is 0.795. The summed E-state index contributed by atoms with van der Waals surface area (Å²) in [6, 6.07) is 0.242. The summed E-state index contributed by atoms with van der Waals surface area (Å²) < 4.78 is 7.17. The molecule has 5 nitrogen and oxygen atoms in total. The minimum absolute atomic E-state index is 0.242. The predicted molar refractivity (Wildman–Crippen MR) is 64.2 cm³/mol. The molecule has 5 heteroatoms. The van der Waals surface area contributed by atoms with E-state index in [1.807, 2.05) is 20.8 Å². The molecule has 0 aliphatic rings. The molecule has 0 aromatic carbocycles. The van der Waals surface area contributed by atoms with E-state index in [0.717, 1.165) is 12.8 Å². The van der Waals surface area contributed by atoms with Gasteiger partial charge in [-0.25, -0.2) is 4.79 Å². The number of aliphatic carboxylic acids is 1. The van der Waals surface area contributed by atoms with Gasteiger partial charge in [0.1, 0.15) is 0 Å². The normalized spacial score (nSPS) is 12.7. The van der Waals surface area contributed by atoms with Gasteiger partial charge < -0.3 is 9.84 Å². The molecular formula is C12H20N2O3. The van der Waals surface area contributed by atoms with Crippen molar-refractivity contribution >= 4 is 5.97 Å². The van der Waals surface area contributed by atoms with Crippen LogP contribution in [0.15, 0.2) is 12.4 Å². The fourth-order valence-corrected chi connectivity index (χ4v) is 1.45. The number of ether oxygens (including phenoxy) is 1. The first-order valence-electron chi connectivity index (χ1n) is 5.98. The maximum atomic E-state index is 11.0. The van der Waals surface area contributed by atoms with Crippen molar-refractivity contribution in [1.82, 2.24) is 9.78 Å². The zero-order chi connectivity index (χ0) is 12.8. The lowest BCUT2D eigenvalue weighted by Gasteiger charge is -2.12. The van der Waals surface area contributed by atoms with Crippen LogP contribution in [0.3, 0.4) is 0 Å². The van der Waals surface area contributed by atoms with Crippen molar-refractivity contribution in [2.75, 3.05) is 0 Å². The first-order chi connectivity index (χ1) is 8.04. The monoisotopic (exact) mass is 240 g/mol. The molecule has 0 bridgehead atoms. The van der Waals surface area contributed by atoms with Gasteiger partial charge in [-0.1, -0.05) is 13.3 Å². The number of hydrogen-bond acceptors (Lipinski definition) is 3. The van der Waals surface area contributed by atoms with Crippen LogP contribution in [0.1, 0.15) is 46.1 Å². The average Bonchev–Trinajstić information content (AvgIpc) is 2.72. The summed E-state index contributed by atoms with van der Waals surface area (Å²) in [5.74, 6) is -0.405. The van der Waals surface area contributed by atoms with E-state index < -0.39 is 12.1 Å². The van der Waals surface area contributed by atoms with Crippen LogP contribution in [0.4, 0.5) is 0 Å². The summed E-state index contributed by atoms with van der Waals surface area (Å²) in [5.41, 5.74) is 0. The lowest BCUT2D eigenvalue weighted by Crippen LogP contribution is -2.26. The highest BCUT2D eigenvalue weighted by Gasteiger charge is 2.19. The van der Waals surface area contributed by atoms with Crippen molar-refractivity contribution < 1.29 is 14.6 Å². The zero-order valence-electron chi connectivity index (χ0n) is 10.6. The van der Waals surface area contributed by atoms with Gasteiger partial charge in [0.25, 0.3) is 0 Å². The van der Waals surface area contributed by atoms with Gasteiger partial charge in [-0.05, 0) is 26.7 Å². The van der Waals surface area contributed by atoms with Crippen LogP contribution in [0.25, 0.3) is 0 Å². The molecule has 1 aromatic rings. The van der Waals surface area contributed by atoms with E-state index in [2.05, 4.69) is 5.10 Å². The third-order valence-corrected chi connectivity index (χ3v) is 2.48. The van der Waals surface area contributed by atoms with Gasteiger partial charge in [0.15, 0.2) is 11.9 Å². The van der Waals surface area contributed by atoms with Crippen LogP contribution in [0.2, 0.25) is 0 Å². The number of aromatic nitrogens is 2. The van der Waals surface area contributed by atoms with Crippen molar-refractivity contribution in [2.45, 2.75) is 52.2 Å². The Morgan fingerprint density at radius 1 is 1.59 bits per heavy atom. The lowest BCUT2D eigenvalue weighted by molar-refractivity contribution is -0.145. The van der Waals surface area contributed by atoms with Gasteiger partial charge in [0.2, 0.25) is 0 Å². The molecule has 1 heterocycles. The average molecular weight is 240 g/mol. The number of nitrogens with zero attached hydrogens (tertiary/aromatic N) is 2. The fraction of sp³-hybridized carbons (Fsp3) is 0.667. The third kappa shape index (κ3) is 4.09. The Kier molecular flexibility index (Phi) is 5.00. The summed E-state index contributed by atoms with van der Waals surface area (Å²) in [6.07, 6.45) is 4.83.